The minimum absolute atomic E-state index is 0.118. The van der Waals surface area contributed by atoms with Crippen molar-refractivity contribution in [1.29, 1.82) is 0 Å². The zero-order valence-corrected chi connectivity index (χ0v) is 18.6. The maximum Gasteiger partial charge on any atom is 0.326 e. The van der Waals surface area contributed by atoms with Gasteiger partial charge in [-0.3, -0.25) is 0 Å². The second-order valence-corrected chi connectivity index (χ2v) is 7.94. The van der Waals surface area contributed by atoms with E-state index < -0.39 is 18.0 Å². The van der Waals surface area contributed by atoms with Gasteiger partial charge in [0.05, 0.1) is 7.11 Å². The molecule has 0 fully saturated rings. The van der Waals surface area contributed by atoms with Crippen LogP contribution in [0.5, 0.6) is 11.5 Å². The average Bonchev–Trinajstić information content (AvgIpc) is 2.83. The molecular weight excluding hydrogens is 420 g/mol. The average molecular weight is 447 g/mol. The minimum Gasteiger partial charge on any atom is -0.493 e. The normalized spacial score (nSPS) is 14.8. The zero-order chi connectivity index (χ0) is 23.4. The summed E-state index contributed by atoms with van der Waals surface area (Å²) in [6.07, 6.45) is 0.118. The van der Waals surface area contributed by atoms with E-state index in [4.69, 9.17) is 9.47 Å². The van der Waals surface area contributed by atoms with Crippen LogP contribution in [0, 0.1) is 6.92 Å². The van der Waals surface area contributed by atoms with Gasteiger partial charge in [0.1, 0.15) is 12.6 Å². The topological polar surface area (TPSA) is 88.1 Å². The van der Waals surface area contributed by atoms with Gasteiger partial charge in [-0.15, -0.1) is 0 Å². The van der Waals surface area contributed by atoms with Crippen molar-refractivity contribution in [3.05, 3.63) is 89.0 Å². The van der Waals surface area contributed by atoms with Crippen LogP contribution in [0.25, 0.3) is 0 Å². The fourth-order valence-electron chi connectivity index (χ4n) is 4.00. The van der Waals surface area contributed by atoms with Crippen LogP contribution < -0.4 is 14.8 Å². The molecular formula is C26H26N2O5. The maximum absolute atomic E-state index is 13.1. The van der Waals surface area contributed by atoms with Gasteiger partial charge in [-0.1, -0.05) is 54.6 Å². The Kier molecular flexibility index (Phi) is 6.49. The van der Waals surface area contributed by atoms with Crippen molar-refractivity contribution in [2.45, 2.75) is 32.5 Å². The van der Waals surface area contributed by atoms with Crippen LogP contribution in [0.3, 0.4) is 0 Å². The molecule has 3 aromatic carbocycles. The van der Waals surface area contributed by atoms with Gasteiger partial charge in [-0.25, -0.2) is 9.59 Å². The van der Waals surface area contributed by atoms with E-state index in [1.54, 1.807) is 19.2 Å². The van der Waals surface area contributed by atoms with Crippen molar-refractivity contribution < 1.29 is 24.2 Å². The molecule has 0 bridgehead atoms. The van der Waals surface area contributed by atoms with Crippen molar-refractivity contribution >= 4 is 17.7 Å². The standard InChI is InChI=1S/C26H26N2O5/c1-17-8-6-7-11-21(17)27-26(31)28-15-19-12-13-23(32-2)24(20(19)14-22(28)25(29)30)33-16-18-9-4-3-5-10-18/h3-13,22H,14-16H2,1-2H3,(H,27,31)(H,29,30). The molecule has 7 nitrogen and oxygen atoms in total. The summed E-state index contributed by atoms with van der Waals surface area (Å²) in [6.45, 7) is 2.36. The van der Waals surface area contributed by atoms with Gasteiger partial charge in [0.2, 0.25) is 0 Å². The molecule has 1 aliphatic heterocycles. The number of nitrogens with one attached hydrogen (secondary N) is 1. The van der Waals surface area contributed by atoms with Crippen molar-refractivity contribution in [2.24, 2.45) is 0 Å². The highest BCUT2D eigenvalue weighted by Crippen LogP contribution is 2.39. The number of para-hydroxylation sites is 1. The van der Waals surface area contributed by atoms with Crippen LogP contribution >= 0.6 is 0 Å². The van der Waals surface area contributed by atoms with Crippen LogP contribution in [-0.2, 0) is 24.4 Å². The number of carboxylic acid groups (broad SMARTS) is 1. The van der Waals surface area contributed by atoms with Gasteiger partial charge in [0.15, 0.2) is 11.5 Å². The first kappa shape index (κ1) is 22.2. The van der Waals surface area contributed by atoms with E-state index >= 15 is 0 Å². The molecule has 1 atom stereocenters. The Morgan fingerprint density at radius 1 is 1.06 bits per heavy atom. The number of hydrogen-bond acceptors (Lipinski definition) is 4. The number of ether oxygens (including phenoxy) is 2. The summed E-state index contributed by atoms with van der Waals surface area (Å²) in [6, 6.07) is 19.3. The number of carbonyl (C=O) groups excluding carboxylic acids is 1. The quantitative estimate of drug-likeness (QED) is 0.577. The molecule has 2 amide bonds. The predicted molar refractivity (Wildman–Crippen MR) is 125 cm³/mol. The summed E-state index contributed by atoms with van der Waals surface area (Å²) in [5.41, 5.74) is 4.12. The number of benzene rings is 3. The summed E-state index contributed by atoms with van der Waals surface area (Å²) >= 11 is 0. The highest BCUT2D eigenvalue weighted by molar-refractivity contribution is 5.93. The van der Waals surface area contributed by atoms with Crippen molar-refractivity contribution in [3.8, 4) is 11.5 Å². The SMILES string of the molecule is COc1ccc2c(c1OCc1ccccc1)CC(C(=O)O)N(C(=O)Nc1ccccc1C)C2. The van der Waals surface area contributed by atoms with Crippen LogP contribution in [0.1, 0.15) is 22.3 Å². The molecule has 0 aromatic heterocycles. The number of carboxylic acids is 1. The molecule has 33 heavy (non-hydrogen) atoms. The molecule has 3 aromatic rings. The molecule has 2 N–H and O–H groups in total. The highest BCUT2D eigenvalue weighted by atomic mass is 16.5. The zero-order valence-electron chi connectivity index (χ0n) is 18.6. The van der Waals surface area contributed by atoms with E-state index in [0.29, 0.717) is 23.8 Å². The Balaban J connectivity index is 1.63. The van der Waals surface area contributed by atoms with Gasteiger partial charge < -0.3 is 24.8 Å². The molecule has 170 valence electrons. The lowest BCUT2D eigenvalue weighted by atomic mass is 9.92. The Morgan fingerprint density at radius 3 is 2.48 bits per heavy atom. The number of aryl methyl sites for hydroxylation is 1. The molecule has 0 saturated carbocycles. The number of urea groups is 1. The minimum atomic E-state index is -1.07. The predicted octanol–water partition coefficient (Wildman–Crippen LogP) is 4.63. The van der Waals surface area contributed by atoms with E-state index in [1.165, 1.54) is 4.90 Å². The van der Waals surface area contributed by atoms with E-state index in [9.17, 15) is 14.7 Å². The van der Waals surface area contributed by atoms with E-state index in [0.717, 1.165) is 22.3 Å². The number of hydrogen-bond donors (Lipinski definition) is 2. The summed E-state index contributed by atoms with van der Waals surface area (Å²) in [4.78, 5) is 26.6. The number of amides is 2. The first-order valence-electron chi connectivity index (χ1n) is 10.7. The third-order valence-corrected chi connectivity index (χ3v) is 5.81. The van der Waals surface area contributed by atoms with Gasteiger partial charge in [-0.05, 0) is 35.7 Å². The second kappa shape index (κ2) is 9.65. The molecule has 1 unspecified atom stereocenters. The molecule has 7 heteroatoms. The number of rotatable bonds is 6. The number of carbonyl (C=O) groups is 2. The lowest BCUT2D eigenvalue weighted by Gasteiger charge is -2.35. The maximum atomic E-state index is 13.1. The van der Waals surface area contributed by atoms with Gasteiger partial charge >= 0.3 is 12.0 Å². The second-order valence-electron chi connectivity index (χ2n) is 7.94. The van der Waals surface area contributed by atoms with Crippen LogP contribution in [0.4, 0.5) is 10.5 Å². The Bertz CT molecular complexity index is 1160. The summed E-state index contributed by atoms with van der Waals surface area (Å²) in [7, 11) is 1.55. The number of aliphatic carboxylic acids is 1. The van der Waals surface area contributed by atoms with E-state index in [-0.39, 0.29) is 13.0 Å². The highest BCUT2D eigenvalue weighted by Gasteiger charge is 2.37. The van der Waals surface area contributed by atoms with E-state index in [2.05, 4.69) is 5.32 Å². The molecule has 0 spiro atoms. The smallest absolute Gasteiger partial charge is 0.326 e. The Labute approximate surface area is 192 Å². The monoisotopic (exact) mass is 446 g/mol. The molecule has 1 aliphatic rings. The first-order chi connectivity index (χ1) is 16.0. The van der Waals surface area contributed by atoms with Crippen molar-refractivity contribution in [2.75, 3.05) is 12.4 Å². The molecule has 4 rings (SSSR count). The van der Waals surface area contributed by atoms with Crippen molar-refractivity contribution in [3.63, 3.8) is 0 Å². The first-order valence-corrected chi connectivity index (χ1v) is 10.7. The van der Waals surface area contributed by atoms with Crippen LogP contribution in [0.2, 0.25) is 0 Å². The third-order valence-electron chi connectivity index (χ3n) is 5.81. The fraction of sp³-hybridized carbons (Fsp3) is 0.231. The number of fused-ring (bicyclic) bond motifs is 1. The molecule has 0 aliphatic carbocycles. The Morgan fingerprint density at radius 2 is 1.79 bits per heavy atom. The van der Waals surface area contributed by atoms with Gasteiger partial charge in [-0.2, -0.15) is 0 Å². The lowest BCUT2D eigenvalue weighted by Crippen LogP contribution is -2.50. The van der Waals surface area contributed by atoms with E-state index in [1.807, 2.05) is 61.5 Å². The van der Waals surface area contributed by atoms with Gasteiger partial charge in [0.25, 0.3) is 0 Å². The number of anilines is 1. The number of methoxy groups -OCH3 is 1. The Hall–Kier alpha value is -4.00. The number of nitrogens with zero attached hydrogens (tertiary/aromatic N) is 1. The fourth-order valence-corrected chi connectivity index (χ4v) is 4.00. The molecule has 1 heterocycles. The molecule has 0 radical (unpaired) electrons. The van der Waals surface area contributed by atoms with Crippen LogP contribution in [0.15, 0.2) is 66.7 Å². The summed E-state index contributed by atoms with van der Waals surface area (Å²) in [5, 5.41) is 12.8. The lowest BCUT2D eigenvalue weighted by molar-refractivity contribution is -0.142. The van der Waals surface area contributed by atoms with Crippen molar-refractivity contribution in [1.82, 2.24) is 4.90 Å². The van der Waals surface area contributed by atoms with Gasteiger partial charge in [0, 0.05) is 24.2 Å². The van der Waals surface area contributed by atoms with Crippen LogP contribution in [-0.4, -0.2) is 35.2 Å². The summed E-state index contributed by atoms with van der Waals surface area (Å²) in [5.74, 6) is -0.0203. The summed E-state index contributed by atoms with van der Waals surface area (Å²) < 4.78 is 11.6. The molecule has 0 saturated heterocycles. The largest absolute Gasteiger partial charge is 0.493 e. The third kappa shape index (κ3) is 4.77.